The summed E-state index contributed by atoms with van der Waals surface area (Å²) in [4.78, 5) is 0. The number of rotatable bonds is 1. The lowest BCUT2D eigenvalue weighted by molar-refractivity contribution is -0.644. The number of pyridine rings is 1. The van der Waals surface area contributed by atoms with E-state index in [4.69, 9.17) is 0 Å². The zero-order chi connectivity index (χ0) is 11.7. The van der Waals surface area contributed by atoms with Gasteiger partial charge in [0.2, 0.25) is 5.52 Å². The molecule has 0 spiro atoms. The van der Waals surface area contributed by atoms with E-state index in [1.165, 1.54) is 22.0 Å². The fourth-order valence-corrected chi connectivity index (χ4v) is 2.20. The third-order valence-electron chi connectivity index (χ3n) is 3.07. The number of hydrogen-bond acceptors (Lipinski definition) is 0. The van der Waals surface area contributed by atoms with E-state index < -0.39 is 0 Å². The molecule has 0 aliphatic rings. The molecule has 1 aromatic heterocycles. The van der Waals surface area contributed by atoms with Crippen LogP contribution in [0.15, 0.2) is 66.9 Å². The Morgan fingerprint density at radius 1 is 0.778 bits per heavy atom. The third kappa shape index (κ3) is 2.38. The van der Waals surface area contributed by atoms with Crippen molar-refractivity contribution in [3.63, 3.8) is 0 Å². The van der Waals surface area contributed by atoms with Gasteiger partial charge in [0.1, 0.15) is 7.05 Å². The summed E-state index contributed by atoms with van der Waals surface area (Å²) in [6.07, 6.45) is 2.18. The monoisotopic (exact) mass is 347 g/mol. The SMILES string of the molecule is C[n+]1cc(-c2ccccc2)cc2ccccc21.[I-]. The van der Waals surface area contributed by atoms with E-state index in [1.54, 1.807) is 0 Å². The molecule has 90 valence electrons. The van der Waals surface area contributed by atoms with Crippen molar-refractivity contribution in [1.29, 1.82) is 0 Å². The molecule has 3 aromatic rings. The summed E-state index contributed by atoms with van der Waals surface area (Å²) in [5.41, 5.74) is 3.77. The lowest BCUT2D eigenvalue weighted by Crippen LogP contribution is -3.00. The number of nitrogens with zero attached hydrogens (tertiary/aromatic N) is 1. The van der Waals surface area contributed by atoms with Gasteiger partial charge in [-0.2, -0.15) is 0 Å². The molecule has 0 amide bonds. The van der Waals surface area contributed by atoms with Gasteiger partial charge in [0, 0.05) is 17.0 Å². The van der Waals surface area contributed by atoms with Crippen LogP contribution in [0.25, 0.3) is 22.0 Å². The predicted octanol–water partition coefficient (Wildman–Crippen LogP) is 0.335. The molecule has 0 aliphatic heterocycles. The van der Waals surface area contributed by atoms with Gasteiger partial charge in [-0.3, -0.25) is 0 Å². The summed E-state index contributed by atoms with van der Waals surface area (Å²) < 4.78 is 2.18. The summed E-state index contributed by atoms with van der Waals surface area (Å²) >= 11 is 0. The summed E-state index contributed by atoms with van der Waals surface area (Å²) in [6.45, 7) is 0. The highest BCUT2D eigenvalue weighted by Gasteiger charge is 2.07. The first-order chi connectivity index (χ1) is 8.34. The first kappa shape index (κ1) is 13.0. The van der Waals surface area contributed by atoms with E-state index in [0.717, 1.165) is 0 Å². The topological polar surface area (TPSA) is 3.88 Å². The second-order valence-electron chi connectivity index (χ2n) is 4.26. The van der Waals surface area contributed by atoms with Crippen molar-refractivity contribution in [1.82, 2.24) is 0 Å². The third-order valence-corrected chi connectivity index (χ3v) is 3.07. The normalized spacial score (nSPS) is 10.1. The molecule has 2 heteroatoms. The summed E-state index contributed by atoms with van der Waals surface area (Å²) in [5, 5.41) is 1.27. The van der Waals surface area contributed by atoms with Crippen LogP contribution >= 0.6 is 0 Å². The van der Waals surface area contributed by atoms with Gasteiger partial charge < -0.3 is 24.0 Å². The van der Waals surface area contributed by atoms with Gasteiger partial charge in [0.25, 0.3) is 0 Å². The molecule has 0 fully saturated rings. The minimum absolute atomic E-state index is 0. The molecule has 0 atom stereocenters. The Hall–Kier alpha value is -1.42. The number of fused-ring (bicyclic) bond motifs is 1. The lowest BCUT2D eigenvalue weighted by Gasteiger charge is -2.02. The van der Waals surface area contributed by atoms with Gasteiger partial charge in [0.15, 0.2) is 6.20 Å². The molecular formula is C16H14IN. The maximum Gasteiger partial charge on any atom is 0.212 e. The Labute approximate surface area is 124 Å². The average Bonchev–Trinajstić information content (AvgIpc) is 2.40. The Balaban J connectivity index is 0.00000120. The van der Waals surface area contributed by atoms with Crippen molar-refractivity contribution >= 4 is 10.9 Å². The highest BCUT2D eigenvalue weighted by Crippen LogP contribution is 2.21. The fraction of sp³-hybridized carbons (Fsp3) is 0.0625. The van der Waals surface area contributed by atoms with Crippen molar-refractivity contribution in [2.24, 2.45) is 7.05 Å². The fourth-order valence-electron chi connectivity index (χ4n) is 2.20. The number of aromatic nitrogens is 1. The van der Waals surface area contributed by atoms with Crippen LogP contribution < -0.4 is 28.5 Å². The number of para-hydroxylation sites is 1. The van der Waals surface area contributed by atoms with Gasteiger partial charge in [0.05, 0.1) is 0 Å². The molecule has 18 heavy (non-hydrogen) atoms. The highest BCUT2D eigenvalue weighted by atomic mass is 127. The van der Waals surface area contributed by atoms with Crippen LogP contribution in [-0.2, 0) is 7.05 Å². The first-order valence-corrected chi connectivity index (χ1v) is 5.78. The molecule has 2 aromatic carbocycles. The molecule has 0 aliphatic carbocycles. The van der Waals surface area contributed by atoms with Crippen LogP contribution in [0.5, 0.6) is 0 Å². The van der Waals surface area contributed by atoms with Crippen LogP contribution in [0.2, 0.25) is 0 Å². The van der Waals surface area contributed by atoms with E-state index in [2.05, 4.69) is 72.4 Å². The van der Waals surface area contributed by atoms with Gasteiger partial charge in [-0.1, -0.05) is 42.5 Å². The number of halogens is 1. The number of hydrogen-bond donors (Lipinski definition) is 0. The average molecular weight is 347 g/mol. The molecule has 0 radical (unpaired) electrons. The van der Waals surface area contributed by atoms with Gasteiger partial charge in [-0.25, -0.2) is 4.57 Å². The minimum Gasteiger partial charge on any atom is -1.00 e. The molecule has 0 unspecified atom stereocenters. The van der Waals surface area contributed by atoms with E-state index in [0.29, 0.717) is 0 Å². The largest absolute Gasteiger partial charge is 1.00 e. The van der Waals surface area contributed by atoms with Crippen LogP contribution in [-0.4, -0.2) is 0 Å². The van der Waals surface area contributed by atoms with Gasteiger partial charge in [-0.05, 0) is 17.7 Å². The second kappa shape index (κ2) is 5.48. The molecular weight excluding hydrogens is 333 g/mol. The van der Waals surface area contributed by atoms with Crippen LogP contribution in [0.4, 0.5) is 0 Å². The molecule has 0 saturated heterocycles. The highest BCUT2D eigenvalue weighted by molar-refractivity contribution is 5.80. The molecule has 1 heterocycles. The zero-order valence-corrected chi connectivity index (χ0v) is 12.3. The molecule has 1 nitrogen and oxygen atoms in total. The van der Waals surface area contributed by atoms with Crippen LogP contribution in [0.1, 0.15) is 0 Å². The molecule has 3 rings (SSSR count). The Kier molecular flexibility index (Phi) is 3.97. The predicted molar refractivity (Wildman–Crippen MR) is 70.6 cm³/mol. The van der Waals surface area contributed by atoms with Crippen LogP contribution in [0.3, 0.4) is 0 Å². The molecule has 0 saturated carbocycles. The molecule has 0 N–H and O–H groups in total. The van der Waals surface area contributed by atoms with Crippen molar-refractivity contribution in [2.75, 3.05) is 0 Å². The Morgan fingerprint density at radius 3 is 2.22 bits per heavy atom. The molecule has 0 bridgehead atoms. The van der Waals surface area contributed by atoms with Crippen LogP contribution in [0, 0.1) is 0 Å². The van der Waals surface area contributed by atoms with E-state index in [-0.39, 0.29) is 24.0 Å². The summed E-state index contributed by atoms with van der Waals surface area (Å²) in [6, 6.07) is 21.2. The standard InChI is InChI=1S/C16H14N.HI/c1-17-12-15(13-7-3-2-4-8-13)11-14-9-5-6-10-16(14)17;/h2-12H,1H3;1H/q+1;/p-1. The quantitative estimate of drug-likeness (QED) is 0.442. The zero-order valence-electron chi connectivity index (χ0n) is 10.2. The Morgan fingerprint density at radius 2 is 1.44 bits per heavy atom. The maximum absolute atomic E-state index is 2.24. The van der Waals surface area contributed by atoms with Crippen molar-refractivity contribution in [3.05, 3.63) is 66.9 Å². The van der Waals surface area contributed by atoms with Crippen molar-refractivity contribution in [3.8, 4) is 11.1 Å². The maximum atomic E-state index is 2.24. The van der Waals surface area contributed by atoms with Crippen molar-refractivity contribution in [2.45, 2.75) is 0 Å². The Bertz CT molecular complexity index is 662. The lowest BCUT2D eigenvalue weighted by atomic mass is 10.1. The minimum atomic E-state index is 0. The first-order valence-electron chi connectivity index (χ1n) is 5.78. The summed E-state index contributed by atoms with van der Waals surface area (Å²) in [7, 11) is 2.09. The number of benzene rings is 2. The van der Waals surface area contributed by atoms with E-state index in [9.17, 15) is 0 Å². The van der Waals surface area contributed by atoms with E-state index in [1.807, 2.05) is 6.07 Å². The van der Waals surface area contributed by atoms with E-state index >= 15 is 0 Å². The van der Waals surface area contributed by atoms with Gasteiger partial charge in [-0.15, -0.1) is 0 Å². The second-order valence-corrected chi connectivity index (χ2v) is 4.26. The van der Waals surface area contributed by atoms with Gasteiger partial charge >= 0.3 is 0 Å². The smallest absolute Gasteiger partial charge is 0.212 e. The summed E-state index contributed by atoms with van der Waals surface area (Å²) in [5.74, 6) is 0. The van der Waals surface area contributed by atoms with Crippen molar-refractivity contribution < 1.29 is 28.5 Å². The number of aryl methyl sites for hydroxylation is 1.